The average molecular weight is 377 g/mol. The molecular weight excluding hydrogens is 358 g/mol. The van der Waals surface area contributed by atoms with E-state index in [0.29, 0.717) is 11.3 Å². The first-order chi connectivity index (χ1) is 13.0. The van der Waals surface area contributed by atoms with Crippen molar-refractivity contribution in [2.45, 2.75) is 11.8 Å². The molecule has 1 N–H and O–H groups in total. The lowest BCUT2D eigenvalue weighted by Gasteiger charge is -2.10. The molecule has 5 heteroatoms. The molecule has 3 aromatic rings. The second kappa shape index (κ2) is 7.98. The number of sulfonamides is 1. The minimum Gasteiger partial charge on any atom is -0.497 e. The van der Waals surface area contributed by atoms with Crippen molar-refractivity contribution in [3.05, 3.63) is 89.5 Å². The number of nitrogens with one attached hydrogen (secondary N) is 1. The van der Waals surface area contributed by atoms with E-state index in [4.69, 9.17) is 4.74 Å². The molecule has 3 aromatic carbocycles. The maximum Gasteiger partial charge on any atom is 0.261 e. The molecule has 0 aliphatic carbocycles. The summed E-state index contributed by atoms with van der Waals surface area (Å²) in [6.07, 6.45) is 0. The third kappa shape index (κ3) is 4.69. The molecule has 0 aliphatic rings. The highest BCUT2D eigenvalue weighted by Crippen LogP contribution is 2.20. The zero-order valence-corrected chi connectivity index (χ0v) is 15.9. The van der Waals surface area contributed by atoms with Gasteiger partial charge < -0.3 is 4.74 Å². The van der Waals surface area contributed by atoms with Gasteiger partial charge in [0, 0.05) is 11.1 Å². The van der Waals surface area contributed by atoms with Gasteiger partial charge in [-0.2, -0.15) is 0 Å². The maximum atomic E-state index is 12.6. The molecule has 3 rings (SSSR count). The molecule has 0 heterocycles. The van der Waals surface area contributed by atoms with Gasteiger partial charge >= 0.3 is 0 Å². The van der Waals surface area contributed by atoms with Gasteiger partial charge in [-0.3, -0.25) is 4.72 Å². The van der Waals surface area contributed by atoms with E-state index < -0.39 is 10.0 Å². The van der Waals surface area contributed by atoms with Crippen molar-refractivity contribution in [2.24, 2.45) is 0 Å². The molecule has 0 aromatic heterocycles. The fourth-order valence-corrected chi connectivity index (χ4v) is 3.50. The smallest absolute Gasteiger partial charge is 0.261 e. The SMILES string of the molecule is COc1ccc(C#Cc2ccccc2NS(=O)(=O)c2ccc(C)cc2)cc1. The van der Waals surface area contributed by atoms with Gasteiger partial charge in [0.05, 0.1) is 17.7 Å². The Bertz CT molecular complexity index is 1090. The summed E-state index contributed by atoms with van der Waals surface area (Å²) in [7, 11) is -2.07. The number of methoxy groups -OCH3 is 1. The first-order valence-electron chi connectivity index (χ1n) is 8.32. The number of anilines is 1. The van der Waals surface area contributed by atoms with E-state index in [1.54, 1.807) is 49.6 Å². The van der Waals surface area contributed by atoms with Crippen molar-refractivity contribution in [3.8, 4) is 17.6 Å². The van der Waals surface area contributed by atoms with E-state index in [9.17, 15) is 8.42 Å². The molecule has 0 amide bonds. The number of hydrogen-bond donors (Lipinski definition) is 1. The van der Waals surface area contributed by atoms with Crippen LogP contribution in [0.2, 0.25) is 0 Å². The summed E-state index contributed by atoms with van der Waals surface area (Å²) in [6, 6.07) is 21.1. The average Bonchev–Trinajstić information content (AvgIpc) is 2.68. The second-order valence-corrected chi connectivity index (χ2v) is 7.63. The second-order valence-electron chi connectivity index (χ2n) is 5.94. The van der Waals surface area contributed by atoms with E-state index in [2.05, 4.69) is 16.6 Å². The van der Waals surface area contributed by atoms with E-state index in [1.807, 2.05) is 37.3 Å². The minimum atomic E-state index is -3.68. The molecule has 4 nitrogen and oxygen atoms in total. The Morgan fingerprint density at radius 1 is 0.852 bits per heavy atom. The first kappa shape index (κ1) is 18.6. The van der Waals surface area contributed by atoms with Gasteiger partial charge in [0.25, 0.3) is 10.0 Å². The number of aryl methyl sites for hydroxylation is 1. The van der Waals surface area contributed by atoms with Gasteiger partial charge in [-0.15, -0.1) is 0 Å². The highest BCUT2D eigenvalue weighted by molar-refractivity contribution is 7.92. The summed E-state index contributed by atoms with van der Waals surface area (Å²) in [6.45, 7) is 1.91. The number of ether oxygens (including phenoxy) is 1. The summed E-state index contributed by atoms with van der Waals surface area (Å²) >= 11 is 0. The minimum absolute atomic E-state index is 0.214. The zero-order valence-electron chi connectivity index (χ0n) is 15.1. The van der Waals surface area contributed by atoms with Crippen LogP contribution in [0.4, 0.5) is 5.69 Å². The quantitative estimate of drug-likeness (QED) is 0.693. The summed E-state index contributed by atoms with van der Waals surface area (Å²) in [5, 5.41) is 0. The molecule has 136 valence electrons. The van der Waals surface area contributed by atoms with E-state index >= 15 is 0 Å². The van der Waals surface area contributed by atoms with Gasteiger partial charge in [0.2, 0.25) is 0 Å². The first-order valence-corrected chi connectivity index (χ1v) is 9.81. The van der Waals surface area contributed by atoms with Gasteiger partial charge in [-0.1, -0.05) is 41.7 Å². The van der Waals surface area contributed by atoms with Crippen LogP contribution in [0.25, 0.3) is 0 Å². The Labute approximate surface area is 159 Å². The molecule has 0 fully saturated rings. The molecular formula is C22H19NO3S. The van der Waals surface area contributed by atoms with Gasteiger partial charge in [-0.05, 0) is 55.5 Å². The normalized spacial score (nSPS) is 10.6. The fourth-order valence-electron chi connectivity index (χ4n) is 2.42. The van der Waals surface area contributed by atoms with E-state index in [0.717, 1.165) is 16.9 Å². The van der Waals surface area contributed by atoms with Crippen molar-refractivity contribution in [1.29, 1.82) is 0 Å². The van der Waals surface area contributed by atoms with Crippen LogP contribution in [0.5, 0.6) is 5.75 Å². The van der Waals surface area contributed by atoms with Crippen LogP contribution in [-0.2, 0) is 10.0 Å². The summed E-state index contributed by atoms with van der Waals surface area (Å²) in [5.74, 6) is 6.83. The van der Waals surface area contributed by atoms with Crippen LogP contribution >= 0.6 is 0 Å². The molecule has 27 heavy (non-hydrogen) atoms. The highest BCUT2D eigenvalue weighted by atomic mass is 32.2. The van der Waals surface area contributed by atoms with Crippen molar-refractivity contribution in [1.82, 2.24) is 0 Å². The Kier molecular flexibility index (Phi) is 5.49. The molecule has 0 aliphatic heterocycles. The Morgan fingerprint density at radius 3 is 2.19 bits per heavy atom. The predicted molar refractivity (Wildman–Crippen MR) is 107 cm³/mol. The lowest BCUT2D eigenvalue weighted by molar-refractivity contribution is 0.415. The third-order valence-electron chi connectivity index (χ3n) is 3.93. The number of hydrogen-bond acceptors (Lipinski definition) is 3. The van der Waals surface area contributed by atoms with Crippen LogP contribution in [0.3, 0.4) is 0 Å². The largest absolute Gasteiger partial charge is 0.497 e. The number of para-hydroxylation sites is 1. The fraction of sp³-hybridized carbons (Fsp3) is 0.0909. The van der Waals surface area contributed by atoms with Crippen LogP contribution in [0.1, 0.15) is 16.7 Å². The lowest BCUT2D eigenvalue weighted by Crippen LogP contribution is -2.13. The lowest BCUT2D eigenvalue weighted by atomic mass is 10.1. The van der Waals surface area contributed by atoms with Gasteiger partial charge in [0.15, 0.2) is 0 Å². The van der Waals surface area contributed by atoms with Crippen molar-refractivity contribution >= 4 is 15.7 Å². The van der Waals surface area contributed by atoms with Crippen LogP contribution in [0.15, 0.2) is 77.7 Å². The van der Waals surface area contributed by atoms with E-state index in [-0.39, 0.29) is 4.90 Å². The predicted octanol–water partition coefficient (Wildman–Crippen LogP) is 4.20. The van der Waals surface area contributed by atoms with E-state index in [1.165, 1.54) is 0 Å². The topological polar surface area (TPSA) is 55.4 Å². The number of benzene rings is 3. The van der Waals surface area contributed by atoms with Crippen LogP contribution in [-0.4, -0.2) is 15.5 Å². The molecule has 0 atom stereocenters. The Morgan fingerprint density at radius 2 is 1.52 bits per heavy atom. The summed E-state index contributed by atoms with van der Waals surface area (Å²) in [4.78, 5) is 0.214. The zero-order chi connectivity index (χ0) is 19.3. The monoisotopic (exact) mass is 377 g/mol. The summed E-state index contributed by atoms with van der Waals surface area (Å²) in [5.41, 5.74) is 2.86. The number of rotatable bonds is 4. The molecule has 0 saturated heterocycles. The standard InChI is InChI=1S/C22H19NO3S/c1-17-7-15-21(16-8-17)27(24,25)23-22-6-4-3-5-19(22)12-9-18-10-13-20(26-2)14-11-18/h3-8,10-11,13-16,23H,1-2H3. The highest BCUT2D eigenvalue weighted by Gasteiger charge is 2.15. The third-order valence-corrected chi connectivity index (χ3v) is 5.32. The van der Waals surface area contributed by atoms with Crippen molar-refractivity contribution in [2.75, 3.05) is 11.8 Å². The van der Waals surface area contributed by atoms with Crippen molar-refractivity contribution in [3.63, 3.8) is 0 Å². The molecule has 0 spiro atoms. The van der Waals surface area contributed by atoms with Gasteiger partial charge in [0.1, 0.15) is 5.75 Å². The van der Waals surface area contributed by atoms with Crippen LogP contribution < -0.4 is 9.46 Å². The molecule has 0 radical (unpaired) electrons. The molecule has 0 unspecified atom stereocenters. The van der Waals surface area contributed by atoms with Crippen LogP contribution in [0, 0.1) is 18.8 Å². The summed E-state index contributed by atoms with van der Waals surface area (Å²) < 4.78 is 33.0. The van der Waals surface area contributed by atoms with Crippen molar-refractivity contribution < 1.29 is 13.2 Å². The molecule has 0 bridgehead atoms. The Hall–Kier alpha value is -3.23. The van der Waals surface area contributed by atoms with Gasteiger partial charge in [-0.25, -0.2) is 8.42 Å². The maximum absolute atomic E-state index is 12.6. The Balaban J connectivity index is 1.88. The molecule has 0 saturated carbocycles.